The molecule has 0 aliphatic carbocycles. The molecule has 0 saturated heterocycles. The Morgan fingerprint density at radius 2 is 2.12 bits per heavy atom. The SMILES string of the molecule is CC=CC#CC#CCC=COC(=O)CC(C)C. The molecule has 2 heteroatoms. The number of allylic oxidation sites excluding steroid dienone is 3. The van der Waals surface area contributed by atoms with Crippen molar-refractivity contribution in [2.75, 3.05) is 0 Å². The largest absolute Gasteiger partial charge is 0.435 e. The van der Waals surface area contributed by atoms with Gasteiger partial charge in [0.05, 0.1) is 6.26 Å². The van der Waals surface area contributed by atoms with Crippen LogP contribution in [0.3, 0.4) is 0 Å². The van der Waals surface area contributed by atoms with E-state index in [1.807, 2.05) is 26.8 Å². The maximum Gasteiger partial charge on any atom is 0.310 e. The highest BCUT2D eigenvalue weighted by atomic mass is 16.5. The van der Waals surface area contributed by atoms with Crippen molar-refractivity contribution in [1.29, 1.82) is 0 Å². The van der Waals surface area contributed by atoms with Gasteiger partial charge in [0.25, 0.3) is 0 Å². The molecule has 0 atom stereocenters. The van der Waals surface area contributed by atoms with E-state index in [0.29, 0.717) is 18.8 Å². The highest BCUT2D eigenvalue weighted by Gasteiger charge is 2.03. The summed E-state index contributed by atoms with van der Waals surface area (Å²) >= 11 is 0. The maximum atomic E-state index is 11.1. The van der Waals surface area contributed by atoms with Crippen LogP contribution in [0.1, 0.15) is 33.6 Å². The van der Waals surface area contributed by atoms with Gasteiger partial charge in [-0.15, -0.1) is 0 Å². The van der Waals surface area contributed by atoms with Crippen LogP contribution < -0.4 is 0 Å². The van der Waals surface area contributed by atoms with Crippen molar-refractivity contribution in [1.82, 2.24) is 0 Å². The first-order chi connectivity index (χ1) is 8.16. The van der Waals surface area contributed by atoms with Gasteiger partial charge in [-0.25, -0.2) is 0 Å². The third-order valence-corrected chi connectivity index (χ3v) is 1.56. The molecular formula is C15H18O2. The van der Waals surface area contributed by atoms with Gasteiger partial charge in [-0.05, 0) is 36.8 Å². The molecule has 0 aromatic heterocycles. The zero-order valence-electron chi connectivity index (χ0n) is 10.6. The first-order valence-electron chi connectivity index (χ1n) is 5.60. The zero-order valence-corrected chi connectivity index (χ0v) is 10.6. The monoisotopic (exact) mass is 230 g/mol. The molecule has 0 spiro atoms. The molecule has 0 unspecified atom stereocenters. The third kappa shape index (κ3) is 12.0. The molecule has 0 saturated carbocycles. The Kier molecular flexibility index (Phi) is 9.38. The zero-order chi connectivity index (χ0) is 12.9. The van der Waals surface area contributed by atoms with E-state index >= 15 is 0 Å². The second kappa shape index (κ2) is 10.6. The van der Waals surface area contributed by atoms with Crippen LogP contribution in [0.4, 0.5) is 0 Å². The molecule has 90 valence electrons. The second-order valence-electron chi connectivity index (χ2n) is 3.73. The summed E-state index contributed by atoms with van der Waals surface area (Å²) < 4.78 is 4.86. The summed E-state index contributed by atoms with van der Waals surface area (Å²) in [7, 11) is 0. The minimum absolute atomic E-state index is 0.211. The summed E-state index contributed by atoms with van der Waals surface area (Å²) in [6, 6.07) is 0. The number of hydrogen-bond acceptors (Lipinski definition) is 2. The molecule has 0 aliphatic heterocycles. The summed E-state index contributed by atoms with van der Waals surface area (Å²) in [5, 5.41) is 0. The molecule has 0 rings (SSSR count). The number of rotatable bonds is 4. The summed E-state index contributed by atoms with van der Waals surface area (Å²) in [6.07, 6.45) is 7.63. The predicted octanol–water partition coefficient (Wildman–Crippen LogP) is 3.06. The highest BCUT2D eigenvalue weighted by molar-refractivity contribution is 5.70. The van der Waals surface area contributed by atoms with E-state index in [2.05, 4.69) is 23.7 Å². The molecule has 0 heterocycles. The Labute approximate surface area is 104 Å². The van der Waals surface area contributed by atoms with Crippen LogP contribution in [0.15, 0.2) is 24.5 Å². The van der Waals surface area contributed by atoms with Gasteiger partial charge in [-0.2, -0.15) is 0 Å². The average Bonchev–Trinajstić information content (AvgIpc) is 2.26. The van der Waals surface area contributed by atoms with E-state index in [9.17, 15) is 4.79 Å². The number of hydrogen-bond donors (Lipinski definition) is 0. The summed E-state index contributed by atoms with van der Waals surface area (Å²) in [4.78, 5) is 11.1. The van der Waals surface area contributed by atoms with Gasteiger partial charge in [-0.3, -0.25) is 4.79 Å². The van der Waals surface area contributed by atoms with Gasteiger partial charge in [0, 0.05) is 12.8 Å². The lowest BCUT2D eigenvalue weighted by Gasteiger charge is -2.00. The van der Waals surface area contributed by atoms with E-state index in [4.69, 9.17) is 4.74 Å². The van der Waals surface area contributed by atoms with Crippen molar-refractivity contribution < 1.29 is 9.53 Å². The Morgan fingerprint density at radius 3 is 2.76 bits per heavy atom. The normalized spacial score (nSPS) is 9.88. The van der Waals surface area contributed by atoms with Gasteiger partial charge in [0.2, 0.25) is 0 Å². The highest BCUT2D eigenvalue weighted by Crippen LogP contribution is 2.01. The van der Waals surface area contributed by atoms with Crippen LogP contribution in [-0.4, -0.2) is 5.97 Å². The fraction of sp³-hybridized carbons (Fsp3) is 0.400. The molecule has 0 amide bonds. The van der Waals surface area contributed by atoms with E-state index < -0.39 is 0 Å². The van der Waals surface area contributed by atoms with E-state index in [1.54, 1.807) is 12.2 Å². The molecule has 0 bridgehead atoms. The lowest BCUT2D eigenvalue weighted by Crippen LogP contribution is -2.03. The lowest BCUT2D eigenvalue weighted by molar-refractivity contribution is -0.138. The van der Waals surface area contributed by atoms with Crippen LogP contribution >= 0.6 is 0 Å². The van der Waals surface area contributed by atoms with Crippen molar-refractivity contribution in [3.05, 3.63) is 24.5 Å². The molecule has 0 aliphatic rings. The Hall–Kier alpha value is -1.93. The van der Waals surface area contributed by atoms with Crippen molar-refractivity contribution >= 4 is 5.97 Å². The summed E-state index contributed by atoms with van der Waals surface area (Å²) in [5.74, 6) is 11.0. The number of ether oxygens (including phenoxy) is 1. The average molecular weight is 230 g/mol. The van der Waals surface area contributed by atoms with Gasteiger partial charge in [0.15, 0.2) is 0 Å². The van der Waals surface area contributed by atoms with Crippen LogP contribution in [0.2, 0.25) is 0 Å². The molecule has 0 radical (unpaired) electrons. The topological polar surface area (TPSA) is 26.3 Å². The Balaban J connectivity index is 3.76. The summed E-state index contributed by atoms with van der Waals surface area (Å²) in [5.41, 5.74) is 0. The van der Waals surface area contributed by atoms with Crippen LogP contribution in [0, 0.1) is 29.6 Å². The van der Waals surface area contributed by atoms with Crippen molar-refractivity contribution in [2.45, 2.75) is 33.6 Å². The Morgan fingerprint density at radius 1 is 1.35 bits per heavy atom. The first kappa shape index (κ1) is 15.1. The number of carbonyl (C=O) groups excluding carboxylic acids is 1. The molecule has 0 aromatic carbocycles. The molecular weight excluding hydrogens is 212 g/mol. The molecule has 0 N–H and O–H groups in total. The number of carbonyl (C=O) groups is 1. The second-order valence-corrected chi connectivity index (χ2v) is 3.73. The molecule has 17 heavy (non-hydrogen) atoms. The van der Waals surface area contributed by atoms with E-state index in [0.717, 1.165) is 0 Å². The van der Waals surface area contributed by atoms with Crippen LogP contribution in [0.5, 0.6) is 0 Å². The predicted molar refractivity (Wildman–Crippen MR) is 69.7 cm³/mol. The van der Waals surface area contributed by atoms with Gasteiger partial charge >= 0.3 is 5.97 Å². The van der Waals surface area contributed by atoms with Crippen molar-refractivity contribution in [2.24, 2.45) is 5.92 Å². The van der Waals surface area contributed by atoms with Crippen molar-refractivity contribution in [3.63, 3.8) is 0 Å². The fourth-order valence-corrected chi connectivity index (χ4v) is 0.869. The quantitative estimate of drug-likeness (QED) is 0.421. The van der Waals surface area contributed by atoms with Crippen LogP contribution in [0.25, 0.3) is 0 Å². The molecule has 0 aromatic rings. The Bertz CT molecular complexity index is 392. The third-order valence-electron chi connectivity index (χ3n) is 1.56. The maximum absolute atomic E-state index is 11.1. The van der Waals surface area contributed by atoms with E-state index in [1.165, 1.54) is 6.26 Å². The lowest BCUT2D eigenvalue weighted by atomic mass is 10.1. The molecule has 0 fully saturated rings. The van der Waals surface area contributed by atoms with Gasteiger partial charge in [0.1, 0.15) is 0 Å². The number of esters is 1. The van der Waals surface area contributed by atoms with Gasteiger partial charge < -0.3 is 4.74 Å². The van der Waals surface area contributed by atoms with Gasteiger partial charge in [-0.1, -0.05) is 31.8 Å². The van der Waals surface area contributed by atoms with Crippen LogP contribution in [-0.2, 0) is 9.53 Å². The summed E-state index contributed by atoms with van der Waals surface area (Å²) in [6.45, 7) is 5.84. The minimum Gasteiger partial charge on any atom is -0.435 e. The smallest absolute Gasteiger partial charge is 0.310 e. The first-order valence-corrected chi connectivity index (χ1v) is 5.60. The minimum atomic E-state index is -0.211. The van der Waals surface area contributed by atoms with E-state index in [-0.39, 0.29) is 5.97 Å². The fourth-order valence-electron chi connectivity index (χ4n) is 0.869. The van der Waals surface area contributed by atoms with Crippen molar-refractivity contribution in [3.8, 4) is 23.7 Å². The molecule has 2 nitrogen and oxygen atoms in total. The standard InChI is InChI=1S/C15H18O2/c1-4-5-6-7-8-9-10-11-12-17-15(16)13-14(2)3/h4-5,11-12,14H,10,13H2,1-3H3.